The third-order valence-corrected chi connectivity index (χ3v) is 7.11. The number of nitrogens with zero attached hydrogens (tertiary/aromatic N) is 3. The molecule has 0 spiro atoms. The van der Waals surface area contributed by atoms with Gasteiger partial charge in [-0.15, -0.1) is 0 Å². The summed E-state index contributed by atoms with van der Waals surface area (Å²) in [5, 5.41) is 3.21. The first-order chi connectivity index (χ1) is 14.5. The Bertz CT molecular complexity index is 1390. The molecule has 0 bridgehead atoms. The summed E-state index contributed by atoms with van der Waals surface area (Å²) < 4.78 is 28.9. The van der Waals surface area contributed by atoms with Crippen LogP contribution in [0.15, 0.2) is 56.9 Å². The quantitative estimate of drug-likeness (QED) is 0.581. The minimum Gasteiger partial charge on any atom is -0.351 e. The number of hydrogen-bond acceptors (Lipinski definition) is 5. The largest absolute Gasteiger partial charge is 0.351 e. The maximum absolute atomic E-state index is 12.9. The van der Waals surface area contributed by atoms with Gasteiger partial charge in [0.05, 0.1) is 22.3 Å². The molecular weight excluding hydrogens is 444 g/mol. The molecule has 31 heavy (non-hydrogen) atoms. The number of benzene rings is 2. The molecule has 0 radical (unpaired) electrons. The van der Waals surface area contributed by atoms with E-state index in [1.54, 1.807) is 24.3 Å². The number of likely N-dealkylation sites (N-methyl/N-ethyl adjacent to an activating group) is 1. The van der Waals surface area contributed by atoms with Crippen molar-refractivity contribution >= 4 is 38.4 Å². The maximum atomic E-state index is 12.9. The van der Waals surface area contributed by atoms with Crippen LogP contribution in [0.4, 0.5) is 0 Å². The third-order valence-electron chi connectivity index (χ3n) is 4.95. The van der Waals surface area contributed by atoms with E-state index in [-0.39, 0.29) is 16.8 Å². The first-order valence-corrected chi connectivity index (χ1v) is 11.0. The first kappa shape index (κ1) is 22.7. The lowest BCUT2D eigenvalue weighted by Crippen LogP contribution is -2.38. The second-order valence-corrected chi connectivity index (χ2v) is 9.47. The Morgan fingerprint density at radius 1 is 1.10 bits per heavy atom. The van der Waals surface area contributed by atoms with Gasteiger partial charge in [-0.3, -0.25) is 18.7 Å². The Morgan fingerprint density at radius 2 is 1.77 bits per heavy atom. The fraction of sp³-hybridized carbons (Fsp3) is 0.250. The van der Waals surface area contributed by atoms with Gasteiger partial charge in [-0.1, -0.05) is 29.8 Å². The number of nitrogens with one attached hydrogen (secondary N) is 1. The third kappa shape index (κ3) is 4.41. The molecule has 0 aliphatic rings. The van der Waals surface area contributed by atoms with Gasteiger partial charge in [0, 0.05) is 32.7 Å². The minimum absolute atomic E-state index is 0.0854. The topological polar surface area (TPSA) is 110 Å². The Morgan fingerprint density at radius 3 is 2.45 bits per heavy atom. The zero-order valence-corrected chi connectivity index (χ0v) is 18.7. The van der Waals surface area contributed by atoms with Crippen molar-refractivity contribution in [1.29, 1.82) is 0 Å². The molecule has 1 aromatic heterocycles. The monoisotopic (exact) mass is 464 g/mol. The van der Waals surface area contributed by atoms with Crippen LogP contribution in [-0.2, 0) is 35.5 Å². The van der Waals surface area contributed by atoms with Gasteiger partial charge in [-0.2, -0.15) is 4.31 Å². The van der Waals surface area contributed by atoms with E-state index in [4.69, 9.17) is 11.6 Å². The van der Waals surface area contributed by atoms with Crippen molar-refractivity contribution in [2.75, 3.05) is 13.6 Å². The summed E-state index contributed by atoms with van der Waals surface area (Å²) >= 11 is 6.05. The van der Waals surface area contributed by atoms with Crippen molar-refractivity contribution < 1.29 is 13.2 Å². The second kappa shape index (κ2) is 8.66. The smallest absolute Gasteiger partial charge is 0.330 e. The van der Waals surface area contributed by atoms with Crippen molar-refractivity contribution in [3.8, 4) is 0 Å². The lowest BCUT2D eigenvalue weighted by Gasteiger charge is -2.18. The number of carbonyl (C=O) groups excluding carboxylic acids is 1. The van der Waals surface area contributed by atoms with E-state index in [2.05, 4.69) is 5.32 Å². The normalized spacial score (nSPS) is 11.8. The molecule has 3 aromatic rings. The summed E-state index contributed by atoms with van der Waals surface area (Å²) in [6, 6.07) is 10.9. The molecule has 0 saturated carbocycles. The summed E-state index contributed by atoms with van der Waals surface area (Å²) in [7, 11) is 0.0269. The van der Waals surface area contributed by atoms with E-state index in [9.17, 15) is 22.8 Å². The van der Waals surface area contributed by atoms with Gasteiger partial charge in [0.2, 0.25) is 15.9 Å². The van der Waals surface area contributed by atoms with Crippen molar-refractivity contribution in [3.63, 3.8) is 0 Å². The lowest BCUT2D eigenvalue weighted by molar-refractivity contribution is -0.121. The van der Waals surface area contributed by atoms with Gasteiger partial charge < -0.3 is 5.32 Å². The molecule has 9 nitrogen and oxygen atoms in total. The number of amides is 1. The predicted octanol–water partition coefficient (Wildman–Crippen LogP) is 0.827. The molecule has 164 valence electrons. The summed E-state index contributed by atoms with van der Waals surface area (Å²) in [5.74, 6) is -0.509. The van der Waals surface area contributed by atoms with Crippen LogP contribution in [0.2, 0.25) is 5.02 Å². The Kier molecular flexibility index (Phi) is 6.35. The summed E-state index contributed by atoms with van der Waals surface area (Å²) in [4.78, 5) is 36.6. The van der Waals surface area contributed by atoms with Crippen LogP contribution in [0.25, 0.3) is 10.9 Å². The molecule has 0 saturated heterocycles. The number of rotatable bonds is 6. The molecular formula is C20H21ClN4O5S. The van der Waals surface area contributed by atoms with Crippen molar-refractivity contribution in [2.24, 2.45) is 14.1 Å². The zero-order chi connectivity index (χ0) is 22.9. The SMILES string of the molecule is CN(CC(=O)NCc1ccccc1Cl)S(=O)(=O)c1ccc2c(c1)c(=O)n(C)c(=O)n2C. The van der Waals surface area contributed by atoms with Crippen LogP contribution >= 0.6 is 11.6 Å². The second-order valence-electron chi connectivity index (χ2n) is 7.01. The average Bonchev–Trinajstić information content (AvgIpc) is 2.75. The van der Waals surface area contributed by atoms with Crippen molar-refractivity contribution in [3.05, 3.63) is 73.9 Å². The molecule has 0 aliphatic carbocycles. The highest BCUT2D eigenvalue weighted by molar-refractivity contribution is 7.89. The van der Waals surface area contributed by atoms with Gasteiger partial charge in [-0.05, 0) is 29.8 Å². The van der Waals surface area contributed by atoms with E-state index in [1.807, 2.05) is 0 Å². The molecule has 0 unspecified atom stereocenters. The van der Waals surface area contributed by atoms with E-state index in [0.29, 0.717) is 16.1 Å². The molecule has 1 amide bonds. The standard InChI is InChI=1S/C20H21ClN4O5S/c1-23(12-18(26)22-11-13-6-4-5-7-16(13)21)31(29,30)14-8-9-17-15(10-14)19(27)25(3)20(28)24(17)2/h4-10H,11-12H2,1-3H3,(H,22,26). The predicted molar refractivity (Wildman–Crippen MR) is 118 cm³/mol. The van der Waals surface area contributed by atoms with Crippen LogP contribution in [-0.4, -0.2) is 41.4 Å². The van der Waals surface area contributed by atoms with E-state index in [0.717, 1.165) is 8.87 Å². The van der Waals surface area contributed by atoms with Gasteiger partial charge in [0.15, 0.2) is 0 Å². The molecule has 0 aliphatic heterocycles. The molecule has 3 rings (SSSR count). The average molecular weight is 465 g/mol. The van der Waals surface area contributed by atoms with Crippen LogP contribution < -0.4 is 16.6 Å². The van der Waals surface area contributed by atoms with Crippen LogP contribution in [0.1, 0.15) is 5.56 Å². The molecule has 0 fully saturated rings. The lowest BCUT2D eigenvalue weighted by atomic mass is 10.2. The van der Waals surface area contributed by atoms with Crippen LogP contribution in [0.5, 0.6) is 0 Å². The fourth-order valence-corrected chi connectivity index (χ4v) is 4.45. The highest BCUT2D eigenvalue weighted by Crippen LogP contribution is 2.19. The van der Waals surface area contributed by atoms with Crippen LogP contribution in [0.3, 0.4) is 0 Å². The number of aryl methyl sites for hydroxylation is 1. The molecule has 11 heteroatoms. The summed E-state index contributed by atoms with van der Waals surface area (Å²) in [5.41, 5.74) is -0.0955. The Balaban J connectivity index is 1.83. The fourth-order valence-electron chi connectivity index (χ4n) is 3.09. The van der Waals surface area contributed by atoms with Crippen LogP contribution in [0, 0.1) is 0 Å². The van der Waals surface area contributed by atoms with Crippen molar-refractivity contribution in [1.82, 2.24) is 18.8 Å². The highest BCUT2D eigenvalue weighted by Gasteiger charge is 2.24. The van der Waals surface area contributed by atoms with Gasteiger partial charge in [-0.25, -0.2) is 13.2 Å². The number of sulfonamides is 1. The number of aromatic nitrogens is 2. The minimum atomic E-state index is -4.06. The molecule has 1 N–H and O–H groups in total. The number of halogens is 1. The molecule has 0 atom stereocenters. The van der Waals surface area contributed by atoms with Gasteiger partial charge in [0.25, 0.3) is 5.56 Å². The number of carbonyl (C=O) groups is 1. The van der Waals surface area contributed by atoms with Gasteiger partial charge >= 0.3 is 5.69 Å². The highest BCUT2D eigenvalue weighted by atomic mass is 35.5. The van der Waals surface area contributed by atoms with Crippen molar-refractivity contribution in [2.45, 2.75) is 11.4 Å². The molecule has 2 aromatic carbocycles. The van der Waals surface area contributed by atoms with E-state index < -0.39 is 33.7 Å². The molecule has 1 heterocycles. The Labute approximate surface area is 183 Å². The Hall–Kier alpha value is -2.95. The maximum Gasteiger partial charge on any atom is 0.330 e. The summed E-state index contributed by atoms with van der Waals surface area (Å²) in [6.45, 7) is -0.261. The van der Waals surface area contributed by atoms with Gasteiger partial charge in [0.1, 0.15) is 0 Å². The first-order valence-electron chi connectivity index (χ1n) is 9.20. The zero-order valence-electron chi connectivity index (χ0n) is 17.1. The summed E-state index contributed by atoms with van der Waals surface area (Å²) in [6.07, 6.45) is 0. The van der Waals surface area contributed by atoms with E-state index in [1.165, 1.54) is 43.9 Å². The number of hydrogen-bond donors (Lipinski definition) is 1. The number of fused-ring (bicyclic) bond motifs is 1. The van der Waals surface area contributed by atoms with E-state index >= 15 is 0 Å².